The van der Waals surface area contributed by atoms with E-state index in [9.17, 15) is 14.4 Å². The number of nitrogens with two attached hydrogens (primary N) is 1. The highest BCUT2D eigenvalue weighted by Crippen LogP contribution is 2.37. The third-order valence-electron chi connectivity index (χ3n) is 3.77. The maximum Gasteiger partial charge on any atom is 0.326 e. The van der Waals surface area contributed by atoms with Crippen LogP contribution < -0.4 is 22.3 Å². The fourth-order valence-corrected chi connectivity index (χ4v) is 3.30. The molecular formula is C14H12Cl2N4O3. The van der Waals surface area contributed by atoms with Crippen molar-refractivity contribution in [1.82, 2.24) is 15.3 Å². The first kappa shape index (κ1) is 15.6. The van der Waals surface area contributed by atoms with Crippen molar-refractivity contribution in [1.29, 1.82) is 0 Å². The van der Waals surface area contributed by atoms with Crippen LogP contribution >= 0.6 is 23.2 Å². The number of halogens is 2. The number of nitrogen functional groups attached to an aromatic ring is 1. The van der Waals surface area contributed by atoms with E-state index in [2.05, 4.69) is 10.3 Å². The molecule has 1 unspecified atom stereocenters. The number of H-pyrrole nitrogens is 2. The number of rotatable bonds is 2. The van der Waals surface area contributed by atoms with Crippen LogP contribution in [0.25, 0.3) is 0 Å². The smallest absolute Gasteiger partial charge is 0.326 e. The second-order valence-corrected chi connectivity index (χ2v) is 6.06. The summed E-state index contributed by atoms with van der Waals surface area (Å²) in [5.41, 5.74) is 5.08. The predicted molar refractivity (Wildman–Crippen MR) is 87.1 cm³/mol. The molecule has 1 aliphatic rings. The minimum absolute atomic E-state index is 0.264. The van der Waals surface area contributed by atoms with Crippen molar-refractivity contribution in [2.75, 3.05) is 5.73 Å². The molecule has 1 aliphatic carbocycles. The SMILES string of the molecule is Nc1c(C(=O)NC2CCc3c(Cl)cc(Cl)cc32)[nH]c(=O)[nH]c1=O. The van der Waals surface area contributed by atoms with Crippen LogP contribution in [0, 0.1) is 0 Å². The van der Waals surface area contributed by atoms with E-state index in [1.54, 1.807) is 12.1 Å². The van der Waals surface area contributed by atoms with Crippen LogP contribution in [0.4, 0.5) is 5.69 Å². The highest BCUT2D eigenvalue weighted by atomic mass is 35.5. The maximum atomic E-state index is 12.3. The fraction of sp³-hybridized carbons (Fsp3) is 0.214. The molecule has 23 heavy (non-hydrogen) atoms. The average molecular weight is 355 g/mol. The number of aromatic amines is 2. The van der Waals surface area contributed by atoms with Gasteiger partial charge in [0.25, 0.3) is 11.5 Å². The Morgan fingerprint density at radius 2 is 2.00 bits per heavy atom. The molecule has 1 amide bonds. The Morgan fingerprint density at radius 3 is 2.74 bits per heavy atom. The minimum atomic E-state index is -0.809. The molecule has 3 rings (SSSR count). The molecule has 1 atom stereocenters. The summed E-state index contributed by atoms with van der Waals surface area (Å²) < 4.78 is 0. The Balaban J connectivity index is 1.92. The molecule has 1 heterocycles. The van der Waals surface area contributed by atoms with Gasteiger partial charge in [-0.25, -0.2) is 4.79 Å². The molecular weight excluding hydrogens is 343 g/mol. The fourth-order valence-electron chi connectivity index (χ4n) is 2.70. The number of fused-ring (bicyclic) bond motifs is 1. The molecule has 120 valence electrons. The Morgan fingerprint density at radius 1 is 1.26 bits per heavy atom. The summed E-state index contributed by atoms with van der Waals surface area (Å²) in [5, 5.41) is 3.76. The summed E-state index contributed by atoms with van der Waals surface area (Å²) in [5.74, 6) is -0.639. The molecule has 7 nitrogen and oxygen atoms in total. The van der Waals surface area contributed by atoms with Crippen molar-refractivity contribution in [3.05, 3.63) is 59.8 Å². The third-order valence-corrected chi connectivity index (χ3v) is 4.32. The number of carbonyl (C=O) groups is 1. The zero-order valence-electron chi connectivity index (χ0n) is 11.7. The van der Waals surface area contributed by atoms with Gasteiger partial charge in [-0.3, -0.25) is 14.6 Å². The number of amides is 1. The molecule has 0 aliphatic heterocycles. The molecule has 0 saturated heterocycles. The lowest BCUT2D eigenvalue weighted by Gasteiger charge is -2.15. The van der Waals surface area contributed by atoms with Gasteiger partial charge >= 0.3 is 5.69 Å². The van der Waals surface area contributed by atoms with E-state index in [0.29, 0.717) is 22.9 Å². The zero-order valence-corrected chi connectivity index (χ0v) is 13.2. The molecule has 1 aromatic heterocycles. The largest absolute Gasteiger partial charge is 0.392 e. The number of carbonyl (C=O) groups excluding carboxylic acids is 1. The van der Waals surface area contributed by atoms with E-state index in [-0.39, 0.29) is 17.4 Å². The maximum absolute atomic E-state index is 12.3. The van der Waals surface area contributed by atoms with Crippen LogP contribution in [0.2, 0.25) is 10.0 Å². The summed E-state index contributed by atoms with van der Waals surface area (Å²) in [7, 11) is 0. The van der Waals surface area contributed by atoms with Crippen molar-refractivity contribution in [2.45, 2.75) is 18.9 Å². The lowest BCUT2D eigenvalue weighted by molar-refractivity contribution is 0.0932. The van der Waals surface area contributed by atoms with Crippen LogP contribution in [0.15, 0.2) is 21.7 Å². The number of nitrogens with one attached hydrogen (secondary N) is 3. The number of hydrogen-bond acceptors (Lipinski definition) is 4. The molecule has 2 aromatic rings. The van der Waals surface area contributed by atoms with Gasteiger partial charge in [-0.05, 0) is 36.1 Å². The molecule has 0 fully saturated rings. The summed E-state index contributed by atoms with van der Waals surface area (Å²) in [4.78, 5) is 39.3. The first-order valence-corrected chi connectivity index (χ1v) is 7.53. The first-order valence-electron chi connectivity index (χ1n) is 6.77. The van der Waals surface area contributed by atoms with Gasteiger partial charge in [-0.2, -0.15) is 0 Å². The van der Waals surface area contributed by atoms with Crippen molar-refractivity contribution in [3.63, 3.8) is 0 Å². The van der Waals surface area contributed by atoms with Crippen molar-refractivity contribution < 1.29 is 4.79 Å². The van der Waals surface area contributed by atoms with Crippen molar-refractivity contribution in [2.24, 2.45) is 0 Å². The van der Waals surface area contributed by atoms with Crippen molar-refractivity contribution in [3.8, 4) is 0 Å². The van der Waals surface area contributed by atoms with E-state index in [1.807, 2.05) is 4.98 Å². The number of hydrogen-bond donors (Lipinski definition) is 4. The Kier molecular flexibility index (Phi) is 3.91. The normalized spacial score (nSPS) is 16.2. The zero-order chi connectivity index (χ0) is 16.7. The third kappa shape index (κ3) is 2.85. The molecule has 5 N–H and O–H groups in total. The standard InChI is InChI=1S/C14H12Cl2N4O3/c15-5-3-7-6(8(16)4-5)1-2-9(7)18-13(22)11-10(17)12(21)20-14(23)19-11/h3-4,9H,1-2,17H2,(H,18,22)(H2,19,20,21,23). The summed E-state index contributed by atoms with van der Waals surface area (Å²) >= 11 is 12.2. The molecule has 0 radical (unpaired) electrons. The minimum Gasteiger partial charge on any atom is -0.392 e. The van der Waals surface area contributed by atoms with Gasteiger partial charge in [-0.1, -0.05) is 23.2 Å². The van der Waals surface area contributed by atoms with Gasteiger partial charge in [0, 0.05) is 10.0 Å². The second-order valence-electron chi connectivity index (χ2n) is 5.22. The van der Waals surface area contributed by atoms with Crippen LogP contribution in [-0.4, -0.2) is 15.9 Å². The quantitative estimate of drug-likeness (QED) is 0.650. The summed E-state index contributed by atoms with van der Waals surface area (Å²) in [6.07, 6.45) is 1.33. The van der Waals surface area contributed by atoms with Gasteiger partial charge in [0.2, 0.25) is 0 Å². The van der Waals surface area contributed by atoms with Gasteiger partial charge in [-0.15, -0.1) is 0 Å². The van der Waals surface area contributed by atoms with Crippen LogP contribution in [-0.2, 0) is 6.42 Å². The lowest BCUT2D eigenvalue weighted by atomic mass is 10.1. The molecule has 0 bridgehead atoms. The molecule has 1 aromatic carbocycles. The van der Waals surface area contributed by atoms with Crippen LogP contribution in [0.3, 0.4) is 0 Å². The highest BCUT2D eigenvalue weighted by Gasteiger charge is 2.27. The monoisotopic (exact) mass is 354 g/mol. The molecule has 0 saturated carbocycles. The van der Waals surface area contributed by atoms with Gasteiger partial charge in [0.1, 0.15) is 11.4 Å². The van der Waals surface area contributed by atoms with E-state index >= 15 is 0 Å². The lowest BCUT2D eigenvalue weighted by Crippen LogP contribution is -2.34. The number of anilines is 1. The van der Waals surface area contributed by atoms with E-state index in [4.69, 9.17) is 28.9 Å². The van der Waals surface area contributed by atoms with Gasteiger partial charge < -0.3 is 16.0 Å². The first-order chi connectivity index (χ1) is 10.9. The Hall–Kier alpha value is -2.25. The van der Waals surface area contributed by atoms with Gasteiger partial charge in [0.05, 0.1) is 6.04 Å². The second kappa shape index (κ2) is 5.75. The highest BCUT2D eigenvalue weighted by molar-refractivity contribution is 6.35. The van der Waals surface area contributed by atoms with Gasteiger partial charge in [0.15, 0.2) is 0 Å². The van der Waals surface area contributed by atoms with E-state index < -0.39 is 17.2 Å². The average Bonchev–Trinajstić information content (AvgIpc) is 2.86. The summed E-state index contributed by atoms with van der Waals surface area (Å²) in [6.45, 7) is 0. The van der Waals surface area contributed by atoms with Crippen LogP contribution in [0.1, 0.15) is 34.1 Å². The number of aromatic nitrogens is 2. The molecule has 9 heteroatoms. The van der Waals surface area contributed by atoms with E-state index in [1.165, 1.54) is 0 Å². The van der Waals surface area contributed by atoms with Crippen LogP contribution in [0.5, 0.6) is 0 Å². The molecule has 0 spiro atoms. The van der Waals surface area contributed by atoms with E-state index in [0.717, 1.165) is 11.1 Å². The number of benzene rings is 1. The van der Waals surface area contributed by atoms with Crippen molar-refractivity contribution >= 4 is 34.8 Å². The Labute approximate surface area is 139 Å². The summed E-state index contributed by atoms with van der Waals surface area (Å²) in [6, 6.07) is 3.07. The Bertz CT molecular complexity index is 919. The predicted octanol–water partition coefficient (Wildman–Crippen LogP) is 1.37. The topological polar surface area (TPSA) is 121 Å².